The number of nitrogens with one attached hydrogen (secondary N) is 1. The first-order chi connectivity index (χ1) is 13.8. The van der Waals surface area contributed by atoms with Gasteiger partial charge in [0, 0.05) is 48.4 Å². The van der Waals surface area contributed by atoms with Crippen molar-refractivity contribution in [2.45, 2.75) is 12.5 Å². The van der Waals surface area contributed by atoms with E-state index in [1.54, 1.807) is 7.11 Å². The van der Waals surface area contributed by atoms with Gasteiger partial charge in [-0.05, 0) is 30.2 Å². The monoisotopic (exact) mass is 376 g/mol. The highest BCUT2D eigenvalue weighted by Gasteiger charge is 2.25. The maximum Gasteiger partial charge on any atom is 0.165 e. The van der Waals surface area contributed by atoms with E-state index in [1.807, 2.05) is 18.2 Å². The van der Waals surface area contributed by atoms with Gasteiger partial charge in [-0.3, -0.25) is 4.90 Å². The number of nitrogens with zero attached hydrogens (tertiary/aromatic N) is 1. The normalized spacial score (nSPS) is 19.5. The minimum absolute atomic E-state index is 0.0302. The molecule has 2 aliphatic heterocycles. The summed E-state index contributed by atoms with van der Waals surface area (Å²) in [6, 6.07) is 14.2. The number of hydrogen-bond donors (Lipinski definition) is 1. The van der Waals surface area contributed by atoms with E-state index in [9.17, 15) is 0 Å². The summed E-state index contributed by atoms with van der Waals surface area (Å²) >= 11 is 0. The van der Waals surface area contributed by atoms with Crippen LogP contribution in [0.1, 0.15) is 12.0 Å². The van der Waals surface area contributed by atoms with Crippen LogP contribution in [0.5, 0.6) is 17.2 Å². The second kappa shape index (κ2) is 7.24. The molecule has 1 unspecified atom stereocenters. The van der Waals surface area contributed by atoms with E-state index < -0.39 is 0 Å². The lowest BCUT2D eigenvalue weighted by atomic mass is 9.99. The van der Waals surface area contributed by atoms with Gasteiger partial charge in [-0.2, -0.15) is 0 Å². The summed E-state index contributed by atoms with van der Waals surface area (Å²) in [5, 5.41) is 1.30. The number of methoxy groups -OCH3 is 1. The molecule has 0 spiro atoms. The SMILES string of the molecule is COc1ccc2c(c1)OC(CN1CC=C(c3c[nH]c4ccccc34)CC1)CO2. The van der Waals surface area contributed by atoms with Gasteiger partial charge in [-0.15, -0.1) is 0 Å². The summed E-state index contributed by atoms with van der Waals surface area (Å²) in [6.07, 6.45) is 5.55. The molecule has 5 nitrogen and oxygen atoms in total. The predicted octanol–water partition coefficient (Wildman–Crippen LogP) is 4.11. The Bertz CT molecular complexity index is 1020. The Balaban J connectivity index is 1.25. The molecule has 0 bridgehead atoms. The number of H-pyrrole nitrogens is 1. The van der Waals surface area contributed by atoms with Crippen LogP contribution in [0.3, 0.4) is 0 Å². The fourth-order valence-corrected chi connectivity index (χ4v) is 4.06. The molecule has 144 valence electrons. The summed E-state index contributed by atoms with van der Waals surface area (Å²) in [7, 11) is 1.66. The molecule has 3 aromatic rings. The summed E-state index contributed by atoms with van der Waals surface area (Å²) in [4.78, 5) is 5.81. The van der Waals surface area contributed by atoms with Crippen molar-refractivity contribution in [1.82, 2.24) is 9.88 Å². The second-order valence-corrected chi connectivity index (χ2v) is 7.35. The van der Waals surface area contributed by atoms with E-state index in [0.717, 1.165) is 43.3 Å². The van der Waals surface area contributed by atoms with E-state index >= 15 is 0 Å². The Hall–Kier alpha value is -2.92. The summed E-state index contributed by atoms with van der Waals surface area (Å²) in [6.45, 7) is 3.39. The Morgan fingerprint density at radius 1 is 1.18 bits per heavy atom. The number of hydrogen-bond acceptors (Lipinski definition) is 4. The van der Waals surface area contributed by atoms with Crippen LogP contribution in [-0.4, -0.2) is 49.3 Å². The fraction of sp³-hybridized carbons (Fsp3) is 0.304. The highest BCUT2D eigenvalue weighted by molar-refractivity contribution is 5.92. The lowest BCUT2D eigenvalue weighted by Crippen LogP contribution is -2.42. The molecule has 0 saturated heterocycles. The van der Waals surface area contributed by atoms with Crippen molar-refractivity contribution in [2.75, 3.05) is 33.4 Å². The number of benzene rings is 2. The van der Waals surface area contributed by atoms with E-state index in [4.69, 9.17) is 14.2 Å². The quantitative estimate of drug-likeness (QED) is 0.745. The Morgan fingerprint density at radius 3 is 2.96 bits per heavy atom. The molecule has 0 radical (unpaired) electrons. The molecule has 3 heterocycles. The second-order valence-electron chi connectivity index (χ2n) is 7.35. The zero-order chi connectivity index (χ0) is 18.9. The average molecular weight is 376 g/mol. The molecule has 1 atom stereocenters. The predicted molar refractivity (Wildman–Crippen MR) is 110 cm³/mol. The molecule has 0 saturated carbocycles. The van der Waals surface area contributed by atoms with Crippen molar-refractivity contribution in [3.05, 3.63) is 60.3 Å². The Labute approximate surface area is 164 Å². The van der Waals surface area contributed by atoms with Gasteiger partial charge >= 0.3 is 0 Å². The van der Waals surface area contributed by atoms with Crippen molar-refractivity contribution >= 4 is 16.5 Å². The van der Waals surface area contributed by atoms with Gasteiger partial charge in [-0.25, -0.2) is 0 Å². The van der Waals surface area contributed by atoms with Crippen LogP contribution in [0.15, 0.2) is 54.7 Å². The first-order valence-corrected chi connectivity index (χ1v) is 9.75. The fourth-order valence-electron chi connectivity index (χ4n) is 4.06. The molecule has 0 aliphatic carbocycles. The molecule has 0 fully saturated rings. The minimum Gasteiger partial charge on any atom is -0.497 e. The highest BCUT2D eigenvalue weighted by atomic mass is 16.6. The van der Waals surface area contributed by atoms with Gasteiger partial charge in [0.2, 0.25) is 0 Å². The van der Waals surface area contributed by atoms with Crippen LogP contribution in [0.25, 0.3) is 16.5 Å². The molecule has 5 rings (SSSR count). The third-order valence-electron chi connectivity index (χ3n) is 5.56. The van der Waals surface area contributed by atoms with Crippen LogP contribution in [0.4, 0.5) is 0 Å². The van der Waals surface area contributed by atoms with Crippen LogP contribution < -0.4 is 14.2 Å². The third kappa shape index (κ3) is 3.22. The number of ether oxygens (including phenoxy) is 3. The van der Waals surface area contributed by atoms with Crippen molar-refractivity contribution in [1.29, 1.82) is 0 Å². The van der Waals surface area contributed by atoms with Crippen LogP contribution in [-0.2, 0) is 0 Å². The molecule has 2 aliphatic rings. The number of rotatable bonds is 4. The first kappa shape index (κ1) is 17.2. The topological polar surface area (TPSA) is 46.7 Å². The van der Waals surface area contributed by atoms with E-state index in [2.05, 4.69) is 46.4 Å². The maximum absolute atomic E-state index is 6.16. The molecule has 1 aromatic heterocycles. The highest BCUT2D eigenvalue weighted by Crippen LogP contribution is 2.35. The van der Waals surface area contributed by atoms with Gasteiger partial charge in [-0.1, -0.05) is 24.3 Å². The van der Waals surface area contributed by atoms with Crippen LogP contribution >= 0.6 is 0 Å². The lowest BCUT2D eigenvalue weighted by molar-refractivity contribution is 0.0613. The Kier molecular flexibility index (Phi) is 4.45. The van der Waals surface area contributed by atoms with Crippen molar-refractivity contribution in [2.24, 2.45) is 0 Å². The molecular formula is C23H24N2O3. The third-order valence-corrected chi connectivity index (χ3v) is 5.56. The summed E-state index contributed by atoms with van der Waals surface area (Å²) in [5.74, 6) is 2.34. The Morgan fingerprint density at radius 2 is 2.11 bits per heavy atom. The van der Waals surface area contributed by atoms with Crippen molar-refractivity contribution in [3.8, 4) is 17.2 Å². The molecule has 0 amide bonds. The van der Waals surface area contributed by atoms with Gasteiger partial charge < -0.3 is 19.2 Å². The van der Waals surface area contributed by atoms with E-state index in [1.165, 1.54) is 22.0 Å². The summed E-state index contributed by atoms with van der Waals surface area (Å²) in [5.41, 5.74) is 3.95. The zero-order valence-electron chi connectivity index (χ0n) is 16.0. The standard InChI is InChI=1S/C23H24N2O3/c1-26-17-6-7-22-23(12-17)28-18(15-27-22)14-25-10-8-16(9-11-25)20-13-24-21-5-3-2-4-19(20)21/h2-8,12-13,18,24H,9-11,14-15H2,1H3. The van der Waals surface area contributed by atoms with Gasteiger partial charge in [0.05, 0.1) is 7.11 Å². The molecular weight excluding hydrogens is 352 g/mol. The number of para-hydroxylation sites is 1. The number of fused-ring (bicyclic) bond motifs is 2. The van der Waals surface area contributed by atoms with Crippen molar-refractivity contribution in [3.63, 3.8) is 0 Å². The van der Waals surface area contributed by atoms with Gasteiger partial charge in [0.25, 0.3) is 0 Å². The number of aromatic amines is 1. The summed E-state index contributed by atoms with van der Waals surface area (Å²) < 4.78 is 17.3. The van der Waals surface area contributed by atoms with Gasteiger partial charge in [0.15, 0.2) is 11.5 Å². The van der Waals surface area contributed by atoms with Gasteiger partial charge in [0.1, 0.15) is 18.5 Å². The first-order valence-electron chi connectivity index (χ1n) is 9.75. The maximum atomic E-state index is 6.16. The lowest BCUT2D eigenvalue weighted by Gasteiger charge is -2.33. The average Bonchev–Trinajstić information content (AvgIpc) is 3.18. The zero-order valence-corrected chi connectivity index (χ0v) is 16.0. The van der Waals surface area contributed by atoms with E-state index in [0.29, 0.717) is 6.61 Å². The molecule has 2 aromatic carbocycles. The minimum atomic E-state index is 0.0302. The molecule has 28 heavy (non-hydrogen) atoms. The number of aromatic nitrogens is 1. The van der Waals surface area contributed by atoms with E-state index in [-0.39, 0.29) is 6.10 Å². The van der Waals surface area contributed by atoms with Crippen LogP contribution in [0, 0.1) is 0 Å². The molecule has 1 N–H and O–H groups in total. The largest absolute Gasteiger partial charge is 0.497 e. The van der Waals surface area contributed by atoms with Crippen molar-refractivity contribution < 1.29 is 14.2 Å². The smallest absolute Gasteiger partial charge is 0.165 e. The molecule has 5 heteroatoms. The van der Waals surface area contributed by atoms with Crippen LogP contribution in [0.2, 0.25) is 0 Å².